The lowest BCUT2D eigenvalue weighted by Gasteiger charge is -2.36. The van der Waals surface area contributed by atoms with E-state index in [0.717, 1.165) is 0 Å². The molecule has 0 radical (unpaired) electrons. The third-order valence-corrected chi connectivity index (χ3v) is 4.81. The van der Waals surface area contributed by atoms with Crippen molar-refractivity contribution in [1.82, 2.24) is 4.90 Å². The number of para-hydroxylation sites is 1. The van der Waals surface area contributed by atoms with Gasteiger partial charge in [0.15, 0.2) is 0 Å². The number of anilines is 1. The van der Waals surface area contributed by atoms with E-state index in [1.165, 1.54) is 6.07 Å². The van der Waals surface area contributed by atoms with E-state index < -0.39 is 5.82 Å². The number of carbonyl (C=O) groups excluding carboxylic acids is 1. The van der Waals surface area contributed by atoms with Crippen molar-refractivity contribution in [3.8, 4) is 0 Å². The van der Waals surface area contributed by atoms with E-state index in [-0.39, 0.29) is 18.1 Å². The monoisotopic (exact) mass is 394 g/mol. The Labute approximate surface area is 148 Å². The van der Waals surface area contributed by atoms with Crippen LogP contribution in [0.2, 0.25) is 0 Å². The molecule has 1 amide bonds. The Balaban J connectivity index is 1.61. The largest absolute Gasteiger partial charge is 0.366 e. The van der Waals surface area contributed by atoms with Crippen LogP contribution in [0.15, 0.2) is 46.9 Å². The van der Waals surface area contributed by atoms with Gasteiger partial charge in [0.1, 0.15) is 11.6 Å². The molecule has 24 heavy (non-hydrogen) atoms. The summed E-state index contributed by atoms with van der Waals surface area (Å²) in [6.45, 7) is 2.13. The first-order valence-electron chi connectivity index (χ1n) is 7.76. The Morgan fingerprint density at radius 2 is 1.71 bits per heavy atom. The predicted molar refractivity (Wildman–Crippen MR) is 93.0 cm³/mol. The van der Waals surface area contributed by atoms with E-state index in [1.54, 1.807) is 41.3 Å². The molecule has 0 aromatic heterocycles. The highest BCUT2D eigenvalue weighted by molar-refractivity contribution is 9.10. The number of nitrogens with zero attached hydrogens (tertiary/aromatic N) is 2. The van der Waals surface area contributed by atoms with E-state index in [4.69, 9.17) is 0 Å². The molecule has 1 fully saturated rings. The molecule has 0 spiro atoms. The maximum atomic E-state index is 14.0. The zero-order chi connectivity index (χ0) is 17.1. The van der Waals surface area contributed by atoms with Crippen LogP contribution in [0.3, 0.4) is 0 Å². The molecule has 1 saturated heterocycles. The van der Waals surface area contributed by atoms with Gasteiger partial charge in [0, 0.05) is 26.2 Å². The fraction of sp³-hybridized carbons (Fsp3) is 0.278. The second-order valence-electron chi connectivity index (χ2n) is 5.71. The number of halogens is 3. The third kappa shape index (κ3) is 3.59. The van der Waals surface area contributed by atoms with Gasteiger partial charge in [0.2, 0.25) is 5.91 Å². The van der Waals surface area contributed by atoms with Crippen molar-refractivity contribution in [3.63, 3.8) is 0 Å². The van der Waals surface area contributed by atoms with Gasteiger partial charge in [-0.15, -0.1) is 0 Å². The molecule has 1 heterocycles. The van der Waals surface area contributed by atoms with Gasteiger partial charge >= 0.3 is 0 Å². The third-order valence-electron chi connectivity index (χ3n) is 4.20. The highest BCUT2D eigenvalue weighted by Gasteiger charge is 2.23. The first kappa shape index (κ1) is 16.9. The zero-order valence-electron chi connectivity index (χ0n) is 13.0. The number of benzene rings is 2. The van der Waals surface area contributed by atoms with Gasteiger partial charge in [0.25, 0.3) is 0 Å². The zero-order valence-corrected chi connectivity index (χ0v) is 14.6. The molecule has 2 aromatic carbocycles. The van der Waals surface area contributed by atoms with Crippen LogP contribution in [0.1, 0.15) is 5.56 Å². The fourth-order valence-electron chi connectivity index (χ4n) is 2.86. The summed E-state index contributed by atoms with van der Waals surface area (Å²) in [5.74, 6) is -0.760. The molecule has 0 N–H and O–H groups in total. The van der Waals surface area contributed by atoms with Gasteiger partial charge < -0.3 is 9.80 Å². The highest BCUT2D eigenvalue weighted by atomic mass is 79.9. The van der Waals surface area contributed by atoms with E-state index in [1.807, 2.05) is 4.90 Å². The fourth-order valence-corrected chi connectivity index (χ4v) is 3.27. The maximum Gasteiger partial charge on any atom is 0.227 e. The quantitative estimate of drug-likeness (QED) is 0.793. The highest BCUT2D eigenvalue weighted by Crippen LogP contribution is 2.22. The van der Waals surface area contributed by atoms with Crippen molar-refractivity contribution in [2.75, 3.05) is 31.1 Å². The second-order valence-corrected chi connectivity index (χ2v) is 6.56. The van der Waals surface area contributed by atoms with Gasteiger partial charge in [0.05, 0.1) is 16.6 Å². The summed E-state index contributed by atoms with van der Waals surface area (Å²) < 4.78 is 28.2. The molecule has 6 heteroatoms. The summed E-state index contributed by atoms with van der Waals surface area (Å²) >= 11 is 3.13. The number of piperazine rings is 1. The Morgan fingerprint density at radius 3 is 2.42 bits per heavy atom. The molecule has 0 bridgehead atoms. The van der Waals surface area contributed by atoms with Crippen LogP contribution < -0.4 is 4.90 Å². The predicted octanol–water partition coefficient (Wildman–Crippen LogP) is 3.62. The number of hydrogen-bond acceptors (Lipinski definition) is 2. The molecule has 1 aliphatic rings. The van der Waals surface area contributed by atoms with Gasteiger partial charge in [-0.2, -0.15) is 0 Å². The lowest BCUT2D eigenvalue weighted by molar-refractivity contribution is -0.130. The lowest BCUT2D eigenvalue weighted by Crippen LogP contribution is -2.49. The van der Waals surface area contributed by atoms with E-state index in [2.05, 4.69) is 15.9 Å². The van der Waals surface area contributed by atoms with Crippen LogP contribution in [-0.2, 0) is 11.2 Å². The van der Waals surface area contributed by atoms with Crippen molar-refractivity contribution in [3.05, 3.63) is 64.1 Å². The summed E-state index contributed by atoms with van der Waals surface area (Å²) in [6, 6.07) is 11.6. The van der Waals surface area contributed by atoms with Crippen LogP contribution in [0.5, 0.6) is 0 Å². The molecule has 0 aliphatic carbocycles. The van der Waals surface area contributed by atoms with Gasteiger partial charge in [-0.05, 0) is 39.7 Å². The van der Waals surface area contributed by atoms with Crippen molar-refractivity contribution < 1.29 is 13.6 Å². The minimum absolute atomic E-state index is 0.0327. The summed E-state index contributed by atoms with van der Waals surface area (Å²) in [7, 11) is 0. The summed E-state index contributed by atoms with van der Waals surface area (Å²) in [4.78, 5) is 16.0. The maximum absolute atomic E-state index is 14.0. The standard InChI is InChI=1S/C18H17BrF2N2O/c19-14-5-3-4-13(18(14)21)12-17(24)23-10-8-22(9-11-23)16-7-2-1-6-15(16)20/h1-7H,8-12H2. The molecule has 3 rings (SSSR count). The minimum atomic E-state index is -0.393. The first-order valence-corrected chi connectivity index (χ1v) is 8.55. The Morgan fingerprint density at radius 1 is 1.00 bits per heavy atom. The normalized spacial score (nSPS) is 14.8. The van der Waals surface area contributed by atoms with E-state index in [0.29, 0.717) is 41.9 Å². The van der Waals surface area contributed by atoms with Crippen LogP contribution in [-0.4, -0.2) is 37.0 Å². The van der Waals surface area contributed by atoms with Crippen LogP contribution in [0.4, 0.5) is 14.5 Å². The molecule has 2 aromatic rings. The van der Waals surface area contributed by atoms with Crippen LogP contribution >= 0.6 is 15.9 Å². The van der Waals surface area contributed by atoms with Gasteiger partial charge in [-0.3, -0.25) is 4.79 Å². The van der Waals surface area contributed by atoms with Gasteiger partial charge in [-0.1, -0.05) is 24.3 Å². The summed E-state index contributed by atoms with van der Waals surface area (Å²) in [6.07, 6.45) is 0.0327. The number of rotatable bonds is 3. The average Bonchev–Trinajstić information content (AvgIpc) is 2.59. The number of amides is 1. The van der Waals surface area contributed by atoms with E-state index >= 15 is 0 Å². The Bertz CT molecular complexity index is 746. The lowest BCUT2D eigenvalue weighted by atomic mass is 10.1. The summed E-state index contributed by atoms with van der Waals surface area (Å²) in [5, 5.41) is 0. The Kier molecular flexibility index (Phi) is 5.14. The molecular formula is C18H17BrF2N2O. The molecule has 0 unspecified atom stereocenters. The molecule has 0 saturated carbocycles. The van der Waals surface area contributed by atoms with Crippen molar-refractivity contribution >= 4 is 27.5 Å². The molecular weight excluding hydrogens is 378 g/mol. The number of carbonyl (C=O) groups is 1. The Hall–Kier alpha value is -1.95. The average molecular weight is 395 g/mol. The SMILES string of the molecule is O=C(Cc1cccc(Br)c1F)N1CCN(c2ccccc2F)CC1. The van der Waals surface area contributed by atoms with Crippen LogP contribution in [0.25, 0.3) is 0 Å². The number of hydrogen-bond donors (Lipinski definition) is 0. The molecule has 126 valence electrons. The topological polar surface area (TPSA) is 23.6 Å². The smallest absolute Gasteiger partial charge is 0.227 e. The van der Waals surface area contributed by atoms with E-state index in [9.17, 15) is 13.6 Å². The first-order chi connectivity index (χ1) is 11.6. The molecule has 1 aliphatic heterocycles. The minimum Gasteiger partial charge on any atom is -0.366 e. The second kappa shape index (κ2) is 7.30. The van der Waals surface area contributed by atoms with Crippen LogP contribution in [0, 0.1) is 11.6 Å². The molecule has 0 atom stereocenters. The van der Waals surface area contributed by atoms with Crippen molar-refractivity contribution in [1.29, 1.82) is 0 Å². The molecule has 3 nitrogen and oxygen atoms in total. The summed E-state index contributed by atoms with van der Waals surface area (Å²) in [5.41, 5.74) is 0.938. The van der Waals surface area contributed by atoms with Gasteiger partial charge in [-0.25, -0.2) is 8.78 Å². The van der Waals surface area contributed by atoms with Crippen molar-refractivity contribution in [2.24, 2.45) is 0 Å². The van der Waals surface area contributed by atoms with Crippen molar-refractivity contribution in [2.45, 2.75) is 6.42 Å².